The highest BCUT2D eigenvalue weighted by Gasteiger charge is 2.21. The van der Waals surface area contributed by atoms with Crippen molar-refractivity contribution in [3.63, 3.8) is 0 Å². The average molecular weight is 268 g/mol. The van der Waals surface area contributed by atoms with E-state index in [4.69, 9.17) is 4.99 Å². The van der Waals surface area contributed by atoms with Crippen molar-refractivity contribution in [1.29, 1.82) is 0 Å². The maximum Gasteiger partial charge on any atom is 0.191 e. The van der Waals surface area contributed by atoms with Gasteiger partial charge in [0.15, 0.2) is 5.96 Å². The lowest BCUT2D eigenvalue weighted by Crippen LogP contribution is -2.42. The smallest absolute Gasteiger partial charge is 0.191 e. The summed E-state index contributed by atoms with van der Waals surface area (Å²) in [6, 6.07) is 0.665. The first-order chi connectivity index (χ1) is 9.17. The second kappa shape index (κ2) is 9.18. The van der Waals surface area contributed by atoms with Gasteiger partial charge in [0.2, 0.25) is 0 Å². The molecule has 112 valence electrons. The van der Waals surface area contributed by atoms with Crippen molar-refractivity contribution in [1.82, 2.24) is 15.5 Å². The summed E-state index contributed by atoms with van der Waals surface area (Å²) in [5.74, 6) is 1.69. The van der Waals surface area contributed by atoms with E-state index >= 15 is 0 Å². The van der Waals surface area contributed by atoms with Crippen LogP contribution in [0.3, 0.4) is 0 Å². The van der Waals surface area contributed by atoms with Crippen molar-refractivity contribution in [2.75, 3.05) is 32.7 Å². The van der Waals surface area contributed by atoms with E-state index in [1.54, 1.807) is 0 Å². The zero-order chi connectivity index (χ0) is 14.1. The van der Waals surface area contributed by atoms with Gasteiger partial charge in [0.25, 0.3) is 0 Å². The highest BCUT2D eigenvalue weighted by atomic mass is 15.2. The Kier molecular flexibility index (Phi) is 7.87. The molecule has 0 amide bonds. The zero-order valence-electron chi connectivity index (χ0n) is 13.2. The molecule has 1 aliphatic rings. The van der Waals surface area contributed by atoms with Crippen LogP contribution < -0.4 is 10.6 Å². The lowest BCUT2D eigenvalue weighted by Gasteiger charge is -2.34. The van der Waals surface area contributed by atoms with Gasteiger partial charge in [-0.05, 0) is 52.5 Å². The summed E-state index contributed by atoms with van der Waals surface area (Å²) in [4.78, 5) is 7.32. The van der Waals surface area contributed by atoms with E-state index in [9.17, 15) is 0 Å². The number of likely N-dealkylation sites (tertiary alicyclic amines) is 1. The van der Waals surface area contributed by atoms with E-state index in [1.807, 2.05) is 0 Å². The van der Waals surface area contributed by atoms with Crippen LogP contribution in [0.2, 0.25) is 0 Å². The number of guanidine groups is 1. The Balaban J connectivity index is 2.42. The van der Waals surface area contributed by atoms with Crippen LogP contribution in [0.4, 0.5) is 0 Å². The van der Waals surface area contributed by atoms with Crippen molar-refractivity contribution < 1.29 is 0 Å². The normalized spacial score (nSPS) is 21.7. The molecule has 0 aromatic carbocycles. The average Bonchev–Trinajstić information content (AvgIpc) is 2.42. The molecule has 0 saturated carbocycles. The predicted molar refractivity (Wildman–Crippen MR) is 83.7 cm³/mol. The molecule has 0 spiro atoms. The van der Waals surface area contributed by atoms with Crippen molar-refractivity contribution in [2.24, 2.45) is 10.9 Å². The van der Waals surface area contributed by atoms with Gasteiger partial charge < -0.3 is 15.5 Å². The molecule has 4 heteroatoms. The largest absolute Gasteiger partial charge is 0.357 e. The minimum atomic E-state index is 0.665. The van der Waals surface area contributed by atoms with Crippen LogP contribution in [0, 0.1) is 5.92 Å². The van der Waals surface area contributed by atoms with Gasteiger partial charge in [0.1, 0.15) is 0 Å². The summed E-state index contributed by atoms with van der Waals surface area (Å²) in [5.41, 5.74) is 0. The van der Waals surface area contributed by atoms with Crippen LogP contribution in [0.1, 0.15) is 47.0 Å². The molecule has 1 unspecified atom stereocenters. The summed E-state index contributed by atoms with van der Waals surface area (Å²) < 4.78 is 0. The number of rotatable bonds is 6. The van der Waals surface area contributed by atoms with Crippen LogP contribution in [0.15, 0.2) is 4.99 Å². The Labute approximate surface area is 119 Å². The predicted octanol–water partition coefficient (Wildman–Crippen LogP) is 2.07. The van der Waals surface area contributed by atoms with E-state index in [-0.39, 0.29) is 0 Å². The molecule has 1 aliphatic heterocycles. The maximum absolute atomic E-state index is 4.74. The Morgan fingerprint density at radius 2 is 2.11 bits per heavy atom. The molecule has 1 heterocycles. The van der Waals surface area contributed by atoms with Crippen LogP contribution in [-0.4, -0.2) is 49.6 Å². The minimum Gasteiger partial charge on any atom is -0.357 e. The highest BCUT2D eigenvalue weighted by molar-refractivity contribution is 5.79. The third-order valence-corrected chi connectivity index (χ3v) is 3.67. The number of aliphatic imine (C=N–C) groups is 1. The molecule has 0 aliphatic carbocycles. The molecule has 1 rings (SSSR count). The van der Waals surface area contributed by atoms with Crippen molar-refractivity contribution in [3.8, 4) is 0 Å². The SMILES string of the molecule is CCCNC(=NCC1CCCN(C(C)C)C1)NCC. The first-order valence-electron chi connectivity index (χ1n) is 7.93. The summed E-state index contributed by atoms with van der Waals surface area (Å²) in [5, 5.41) is 6.69. The molecule has 1 atom stereocenters. The number of nitrogens with zero attached hydrogens (tertiary/aromatic N) is 2. The van der Waals surface area contributed by atoms with Gasteiger partial charge in [-0.1, -0.05) is 6.92 Å². The van der Waals surface area contributed by atoms with Gasteiger partial charge in [-0.2, -0.15) is 0 Å². The van der Waals surface area contributed by atoms with Crippen molar-refractivity contribution in [2.45, 2.75) is 53.0 Å². The quantitative estimate of drug-likeness (QED) is 0.572. The molecule has 19 heavy (non-hydrogen) atoms. The molecule has 0 bridgehead atoms. The number of nitrogens with one attached hydrogen (secondary N) is 2. The molecule has 1 fully saturated rings. The van der Waals surface area contributed by atoms with Gasteiger partial charge in [0, 0.05) is 32.2 Å². The van der Waals surface area contributed by atoms with E-state index in [1.165, 1.54) is 25.9 Å². The summed E-state index contributed by atoms with van der Waals surface area (Å²) >= 11 is 0. The molecule has 0 aromatic rings. The van der Waals surface area contributed by atoms with Gasteiger partial charge >= 0.3 is 0 Å². The monoisotopic (exact) mass is 268 g/mol. The Morgan fingerprint density at radius 1 is 1.32 bits per heavy atom. The first-order valence-corrected chi connectivity index (χ1v) is 7.93. The number of hydrogen-bond acceptors (Lipinski definition) is 2. The Morgan fingerprint density at radius 3 is 2.74 bits per heavy atom. The second-order valence-electron chi connectivity index (χ2n) is 5.74. The molecule has 2 N–H and O–H groups in total. The van der Waals surface area contributed by atoms with Gasteiger partial charge in [-0.15, -0.1) is 0 Å². The van der Waals surface area contributed by atoms with Gasteiger partial charge in [-0.25, -0.2) is 0 Å². The first kappa shape index (κ1) is 16.3. The zero-order valence-corrected chi connectivity index (χ0v) is 13.2. The van der Waals surface area contributed by atoms with Crippen LogP contribution in [0.5, 0.6) is 0 Å². The summed E-state index contributed by atoms with van der Waals surface area (Å²) in [7, 11) is 0. The van der Waals surface area contributed by atoms with Crippen molar-refractivity contribution >= 4 is 5.96 Å². The minimum absolute atomic E-state index is 0.665. The van der Waals surface area contributed by atoms with E-state index in [2.05, 4.69) is 43.2 Å². The van der Waals surface area contributed by atoms with Crippen molar-refractivity contribution in [3.05, 3.63) is 0 Å². The Hall–Kier alpha value is -0.770. The second-order valence-corrected chi connectivity index (χ2v) is 5.74. The highest BCUT2D eigenvalue weighted by Crippen LogP contribution is 2.18. The third-order valence-electron chi connectivity index (χ3n) is 3.67. The number of hydrogen-bond donors (Lipinski definition) is 2. The number of piperidine rings is 1. The van der Waals surface area contributed by atoms with Crippen LogP contribution >= 0.6 is 0 Å². The van der Waals surface area contributed by atoms with Crippen LogP contribution in [-0.2, 0) is 0 Å². The molecular formula is C15H32N4. The molecular weight excluding hydrogens is 236 g/mol. The van der Waals surface area contributed by atoms with E-state index in [0.29, 0.717) is 12.0 Å². The fourth-order valence-corrected chi connectivity index (χ4v) is 2.52. The third kappa shape index (κ3) is 6.28. The lowest BCUT2D eigenvalue weighted by atomic mass is 9.97. The fourth-order valence-electron chi connectivity index (χ4n) is 2.52. The van der Waals surface area contributed by atoms with Gasteiger partial charge in [0.05, 0.1) is 0 Å². The fraction of sp³-hybridized carbons (Fsp3) is 0.933. The Bertz CT molecular complexity index is 263. The molecule has 1 saturated heterocycles. The maximum atomic E-state index is 4.74. The summed E-state index contributed by atoms with van der Waals surface area (Å²) in [6.45, 7) is 14.2. The lowest BCUT2D eigenvalue weighted by molar-refractivity contribution is 0.143. The summed E-state index contributed by atoms with van der Waals surface area (Å²) in [6.07, 6.45) is 3.77. The van der Waals surface area contributed by atoms with E-state index < -0.39 is 0 Å². The topological polar surface area (TPSA) is 39.7 Å². The van der Waals surface area contributed by atoms with Crippen LogP contribution in [0.25, 0.3) is 0 Å². The molecule has 4 nitrogen and oxygen atoms in total. The molecule has 0 radical (unpaired) electrons. The standard InChI is InChI=1S/C15H32N4/c1-5-9-17-15(16-6-2)18-11-14-8-7-10-19(12-14)13(3)4/h13-14H,5-12H2,1-4H3,(H2,16,17,18). The molecule has 0 aromatic heterocycles. The van der Waals surface area contributed by atoms with Gasteiger partial charge in [-0.3, -0.25) is 4.99 Å². The van der Waals surface area contributed by atoms with E-state index in [0.717, 1.165) is 32.0 Å².